The van der Waals surface area contributed by atoms with Gasteiger partial charge in [-0.2, -0.15) is 0 Å². The van der Waals surface area contributed by atoms with Crippen molar-refractivity contribution in [2.24, 2.45) is 0 Å². The van der Waals surface area contributed by atoms with Gasteiger partial charge in [-0.1, -0.05) is 19.4 Å². The van der Waals surface area contributed by atoms with Crippen LogP contribution in [0.2, 0.25) is 0 Å². The van der Waals surface area contributed by atoms with Crippen molar-refractivity contribution in [3.05, 3.63) is 29.6 Å². The topological polar surface area (TPSA) is 33.2 Å². The predicted octanol–water partition coefficient (Wildman–Crippen LogP) is 2.13. The van der Waals surface area contributed by atoms with Gasteiger partial charge in [0.15, 0.2) is 0 Å². The van der Waals surface area contributed by atoms with Crippen molar-refractivity contribution >= 4 is 5.91 Å². The second kappa shape index (κ2) is 5.49. The molecule has 0 bridgehead atoms. The zero-order valence-corrected chi connectivity index (χ0v) is 9.66. The Morgan fingerprint density at radius 2 is 2.13 bits per heavy atom. The number of carbonyl (C=O) groups is 1. The van der Waals surface area contributed by atoms with Gasteiger partial charge in [0.05, 0.1) is 0 Å². The predicted molar refractivity (Wildman–Crippen MR) is 60.9 cm³/mol. The van der Waals surface area contributed by atoms with E-state index < -0.39 is 0 Å². The van der Waals surface area contributed by atoms with E-state index in [2.05, 4.69) is 11.9 Å². The van der Waals surface area contributed by atoms with E-state index in [1.807, 2.05) is 6.07 Å². The van der Waals surface area contributed by atoms with Crippen molar-refractivity contribution < 1.29 is 4.79 Å². The van der Waals surface area contributed by atoms with Crippen LogP contribution in [-0.4, -0.2) is 29.9 Å². The van der Waals surface area contributed by atoms with Crippen molar-refractivity contribution in [2.75, 3.05) is 14.1 Å². The van der Waals surface area contributed by atoms with Gasteiger partial charge >= 0.3 is 0 Å². The minimum absolute atomic E-state index is 0.0444. The van der Waals surface area contributed by atoms with E-state index in [4.69, 9.17) is 0 Å². The minimum atomic E-state index is -0.0444. The van der Waals surface area contributed by atoms with Gasteiger partial charge in [0.2, 0.25) is 0 Å². The molecular weight excluding hydrogens is 188 g/mol. The van der Waals surface area contributed by atoms with Gasteiger partial charge in [0, 0.05) is 20.3 Å². The normalized spacial score (nSPS) is 10.1. The van der Waals surface area contributed by atoms with Crippen molar-refractivity contribution in [1.82, 2.24) is 9.88 Å². The van der Waals surface area contributed by atoms with E-state index in [0.717, 1.165) is 6.42 Å². The lowest BCUT2D eigenvalue weighted by atomic mass is 10.1. The maximum atomic E-state index is 11.5. The zero-order chi connectivity index (χ0) is 11.3. The molecule has 0 aromatic carbocycles. The van der Waals surface area contributed by atoms with Crippen LogP contribution in [0.4, 0.5) is 0 Å². The lowest BCUT2D eigenvalue weighted by molar-refractivity contribution is 0.0822. The summed E-state index contributed by atoms with van der Waals surface area (Å²) in [6.45, 7) is 2.16. The summed E-state index contributed by atoms with van der Waals surface area (Å²) < 4.78 is 0. The molecule has 0 aliphatic rings. The van der Waals surface area contributed by atoms with Crippen LogP contribution < -0.4 is 0 Å². The Morgan fingerprint density at radius 1 is 1.40 bits per heavy atom. The molecule has 0 saturated carbocycles. The SMILES string of the molecule is CCCCc1ccc(C(=O)N(C)C)nc1. The monoisotopic (exact) mass is 206 g/mol. The van der Waals surface area contributed by atoms with Crippen LogP contribution in [0, 0.1) is 0 Å². The summed E-state index contributed by atoms with van der Waals surface area (Å²) in [4.78, 5) is 17.2. The van der Waals surface area contributed by atoms with Gasteiger partial charge < -0.3 is 4.90 Å². The van der Waals surface area contributed by atoms with Crippen LogP contribution >= 0.6 is 0 Å². The summed E-state index contributed by atoms with van der Waals surface area (Å²) in [5, 5.41) is 0. The second-order valence-electron chi connectivity index (χ2n) is 3.85. The van der Waals surface area contributed by atoms with Gasteiger partial charge in [-0.3, -0.25) is 9.78 Å². The van der Waals surface area contributed by atoms with Crippen molar-refractivity contribution in [3.63, 3.8) is 0 Å². The third-order valence-corrected chi connectivity index (χ3v) is 2.27. The van der Waals surface area contributed by atoms with Crippen molar-refractivity contribution in [2.45, 2.75) is 26.2 Å². The van der Waals surface area contributed by atoms with E-state index in [-0.39, 0.29) is 5.91 Å². The zero-order valence-electron chi connectivity index (χ0n) is 9.66. The standard InChI is InChI=1S/C12H18N2O/c1-4-5-6-10-7-8-11(13-9-10)12(15)14(2)3/h7-9H,4-6H2,1-3H3. The number of aromatic nitrogens is 1. The summed E-state index contributed by atoms with van der Waals surface area (Å²) >= 11 is 0. The van der Waals surface area contributed by atoms with Crippen LogP contribution in [0.3, 0.4) is 0 Å². The molecule has 82 valence electrons. The largest absolute Gasteiger partial charge is 0.343 e. The highest BCUT2D eigenvalue weighted by Crippen LogP contribution is 2.06. The molecule has 0 N–H and O–H groups in total. The molecule has 1 rings (SSSR count). The van der Waals surface area contributed by atoms with Crippen LogP contribution in [0.25, 0.3) is 0 Å². The number of aryl methyl sites for hydroxylation is 1. The summed E-state index contributed by atoms with van der Waals surface area (Å²) in [6, 6.07) is 3.78. The summed E-state index contributed by atoms with van der Waals surface area (Å²) in [5.41, 5.74) is 1.72. The molecule has 0 spiro atoms. The quantitative estimate of drug-likeness (QED) is 0.756. The summed E-state index contributed by atoms with van der Waals surface area (Å²) in [7, 11) is 3.46. The first-order valence-electron chi connectivity index (χ1n) is 5.31. The number of nitrogens with zero attached hydrogens (tertiary/aromatic N) is 2. The minimum Gasteiger partial charge on any atom is -0.343 e. The molecule has 0 aliphatic heterocycles. The summed E-state index contributed by atoms with van der Waals surface area (Å²) in [5.74, 6) is -0.0444. The first kappa shape index (κ1) is 11.7. The van der Waals surface area contributed by atoms with Gasteiger partial charge in [-0.05, 0) is 24.5 Å². The smallest absolute Gasteiger partial charge is 0.271 e. The van der Waals surface area contributed by atoms with E-state index in [1.165, 1.54) is 23.3 Å². The Morgan fingerprint density at radius 3 is 2.60 bits per heavy atom. The summed E-state index contributed by atoms with van der Waals surface area (Å²) in [6.07, 6.45) is 5.19. The van der Waals surface area contributed by atoms with Crippen LogP contribution in [0.1, 0.15) is 35.8 Å². The molecule has 0 radical (unpaired) electrons. The molecule has 3 nitrogen and oxygen atoms in total. The third kappa shape index (κ3) is 3.35. The molecule has 1 amide bonds. The second-order valence-corrected chi connectivity index (χ2v) is 3.85. The molecule has 15 heavy (non-hydrogen) atoms. The van der Waals surface area contributed by atoms with Gasteiger partial charge in [-0.25, -0.2) is 0 Å². The highest BCUT2D eigenvalue weighted by Gasteiger charge is 2.08. The maximum absolute atomic E-state index is 11.5. The molecule has 0 fully saturated rings. The number of pyridine rings is 1. The van der Waals surface area contributed by atoms with Crippen LogP contribution in [0.15, 0.2) is 18.3 Å². The molecule has 0 saturated heterocycles. The molecule has 0 unspecified atom stereocenters. The lowest BCUT2D eigenvalue weighted by Gasteiger charge is -2.09. The fourth-order valence-electron chi connectivity index (χ4n) is 1.31. The van der Waals surface area contributed by atoms with Crippen molar-refractivity contribution in [1.29, 1.82) is 0 Å². The number of amides is 1. The fourth-order valence-corrected chi connectivity index (χ4v) is 1.31. The molecule has 1 heterocycles. The van der Waals surface area contributed by atoms with Crippen LogP contribution in [0.5, 0.6) is 0 Å². The Kier molecular flexibility index (Phi) is 4.28. The van der Waals surface area contributed by atoms with Crippen molar-refractivity contribution in [3.8, 4) is 0 Å². The third-order valence-electron chi connectivity index (χ3n) is 2.27. The molecule has 0 atom stereocenters. The average molecular weight is 206 g/mol. The Bertz CT molecular complexity index is 317. The van der Waals surface area contributed by atoms with E-state index in [1.54, 1.807) is 26.4 Å². The van der Waals surface area contributed by atoms with Gasteiger partial charge in [0.25, 0.3) is 5.91 Å². The first-order chi connectivity index (χ1) is 7.15. The van der Waals surface area contributed by atoms with Gasteiger partial charge in [0.1, 0.15) is 5.69 Å². The number of carbonyl (C=O) groups excluding carboxylic acids is 1. The Balaban J connectivity index is 2.68. The van der Waals surface area contributed by atoms with E-state index in [9.17, 15) is 4.79 Å². The van der Waals surface area contributed by atoms with Crippen LogP contribution in [-0.2, 0) is 6.42 Å². The fraction of sp³-hybridized carbons (Fsp3) is 0.500. The van der Waals surface area contributed by atoms with Gasteiger partial charge in [-0.15, -0.1) is 0 Å². The molecular formula is C12H18N2O. The molecule has 3 heteroatoms. The highest BCUT2D eigenvalue weighted by atomic mass is 16.2. The maximum Gasteiger partial charge on any atom is 0.271 e. The first-order valence-corrected chi connectivity index (χ1v) is 5.31. The molecule has 0 aliphatic carbocycles. The Labute approximate surface area is 91.1 Å². The number of unbranched alkanes of at least 4 members (excludes halogenated alkanes) is 1. The van der Waals surface area contributed by atoms with E-state index in [0.29, 0.717) is 5.69 Å². The molecule has 1 aromatic heterocycles. The number of rotatable bonds is 4. The lowest BCUT2D eigenvalue weighted by Crippen LogP contribution is -2.22. The Hall–Kier alpha value is -1.38. The van der Waals surface area contributed by atoms with E-state index >= 15 is 0 Å². The highest BCUT2D eigenvalue weighted by molar-refractivity contribution is 5.91. The molecule has 1 aromatic rings. The number of hydrogen-bond acceptors (Lipinski definition) is 2. The average Bonchev–Trinajstić information content (AvgIpc) is 2.26. The number of hydrogen-bond donors (Lipinski definition) is 0.